The number of hydrogen-bond acceptors (Lipinski definition) is 3. The summed E-state index contributed by atoms with van der Waals surface area (Å²) in [5.74, 6) is -0.176. The van der Waals surface area contributed by atoms with E-state index >= 15 is 0 Å². The topological polar surface area (TPSA) is 35.6 Å². The van der Waals surface area contributed by atoms with Gasteiger partial charge in [-0.3, -0.25) is 10.1 Å². The fraction of sp³-hybridized carbons (Fsp3) is 0.500. The summed E-state index contributed by atoms with van der Waals surface area (Å²) in [5, 5.41) is 3.18. The number of carbonyl (C=O) groups is 1. The van der Waals surface area contributed by atoms with Crippen molar-refractivity contribution in [3.05, 3.63) is 35.6 Å². The maximum atomic E-state index is 13.0. The number of benzene rings is 1. The van der Waals surface area contributed by atoms with Gasteiger partial charge in [0.15, 0.2) is 0 Å². The average molecular weight is 265 g/mol. The van der Waals surface area contributed by atoms with E-state index in [2.05, 4.69) is 10.2 Å². The summed E-state index contributed by atoms with van der Waals surface area (Å²) < 4.78 is 13.0. The van der Waals surface area contributed by atoms with Crippen LogP contribution in [-0.4, -0.2) is 48.9 Å². The van der Waals surface area contributed by atoms with Gasteiger partial charge >= 0.3 is 0 Å². The van der Waals surface area contributed by atoms with Gasteiger partial charge in [0.25, 0.3) is 0 Å². The Bertz CT molecular complexity index is 447. The molecule has 0 radical (unpaired) electrons. The van der Waals surface area contributed by atoms with Crippen molar-refractivity contribution in [2.45, 2.75) is 19.1 Å². The summed E-state index contributed by atoms with van der Waals surface area (Å²) in [6, 6.07) is 6.40. The molecule has 1 aromatic rings. The van der Waals surface area contributed by atoms with Gasteiger partial charge < -0.3 is 9.80 Å². The third-order valence-electron chi connectivity index (χ3n) is 3.30. The lowest BCUT2D eigenvalue weighted by Gasteiger charge is -2.32. The van der Waals surface area contributed by atoms with Crippen molar-refractivity contribution in [3.8, 4) is 0 Å². The lowest BCUT2D eigenvalue weighted by atomic mass is 10.1. The third-order valence-corrected chi connectivity index (χ3v) is 3.30. The second-order valence-corrected chi connectivity index (χ2v) is 5.25. The summed E-state index contributed by atoms with van der Waals surface area (Å²) in [6.07, 6.45) is -0.164. The minimum absolute atomic E-state index is 0.0867. The second kappa shape index (κ2) is 5.67. The minimum atomic E-state index is -0.263. The molecule has 2 unspecified atom stereocenters. The van der Waals surface area contributed by atoms with Gasteiger partial charge in [-0.15, -0.1) is 0 Å². The quantitative estimate of drug-likeness (QED) is 0.888. The van der Waals surface area contributed by atoms with Gasteiger partial charge in [0, 0.05) is 12.6 Å². The van der Waals surface area contributed by atoms with Gasteiger partial charge in [0.1, 0.15) is 12.0 Å². The Balaban J connectivity index is 2.19. The normalized spacial score (nSPS) is 21.2. The van der Waals surface area contributed by atoms with E-state index in [0.717, 1.165) is 12.1 Å². The Kier molecular flexibility index (Phi) is 4.17. The van der Waals surface area contributed by atoms with E-state index in [4.69, 9.17) is 0 Å². The maximum Gasteiger partial charge on any atom is 0.238 e. The first-order chi connectivity index (χ1) is 8.99. The summed E-state index contributed by atoms with van der Waals surface area (Å²) in [6.45, 7) is 3.16. The molecule has 5 heteroatoms. The second-order valence-electron chi connectivity index (χ2n) is 5.25. The van der Waals surface area contributed by atoms with E-state index < -0.39 is 0 Å². The highest BCUT2D eigenvalue weighted by molar-refractivity contribution is 5.81. The number of nitrogens with one attached hydrogen (secondary N) is 1. The molecule has 1 aromatic carbocycles. The Morgan fingerprint density at radius 1 is 1.42 bits per heavy atom. The summed E-state index contributed by atoms with van der Waals surface area (Å²) >= 11 is 0. The number of nitrogens with zero attached hydrogens (tertiary/aromatic N) is 2. The molecular weight excluding hydrogens is 245 g/mol. The van der Waals surface area contributed by atoms with Crippen LogP contribution in [0.4, 0.5) is 4.39 Å². The van der Waals surface area contributed by atoms with Crippen molar-refractivity contribution in [2.24, 2.45) is 0 Å². The van der Waals surface area contributed by atoms with Crippen LogP contribution < -0.4 is 5.32 Å². The number of halogens is 1. The molecule has 0 spiro atoms. The Labute approximate surface area is 113 Å². The highest BCUT2D eigenvalue weighted by Gasteiger charge is 2.34. The Morgan fingerprint density at radius 3 is 2.63 bits per heavy atom. The molecule has 2 atom stereocenters. The monoisotopic (exact) mass is 265 g/mol. The molecule has 1 N–H and O–H groups in total. The fourth-order valence-electron chi connectivity index (χ4n) is 2.56. The molecule has 1 saturated heterocycles. The largest absolute Gasteiger partial charge is 0.318 e. The molecular formula is C14H20FN3O. The fourth-order valence-corrected chi connectivity index (χ4v) is 2.56. The van der Waals surface area contributed by atoms with E-state index in [1.54, 1.807) is 12.1 Å². The lowest BCUT2D eigenvalue weighted by molar-refractivity contribution is -0.130. The van der Waals surface area contributed by atoms with Crippen LogP contribution in [0.3, 0.4) is 0 Å². The van der Waals surface area contributed by atoms with Gasteiger partial charge in [-0.25, -0.2) is 4.39 Å². The molecule has 1 aliphatic rings. The van der Waals surface area contributed by atoms with E-state index in [1.807, 2.05) is 25.9 Å². The van der Waals surface area contributed by atoms with E-state index in [0.29, 0.717) is 6.54 Å². The highest BCUT2D eigenvalue weighted by Crippen LogP contribution is 2.25. The van der Waals surface area contributed by atoms with Crippen molar-refractivity contribution in [3.63, 3.8) is 0 Å². The van der Waals surface area contributed by atoms with Crippen LogP contribution in [0.2, 0.25) is 0 Å². The first kappa shape index (κ1) is 14.0. The Morgan fingerprint density at radius 2 is 2.05 bits per heavy atom. The zero-order valence-electron chi connectivity index (χ0n) is 11.6. The molecule has 1 fully saturated rings. The molecule has 0 saturated carbocycles. The molecule has 19 heavy (non-hydrogen) atoms. The SMILES string of the molecule is CC(CN(C)C)N1C(=O)CNC1c1ccc(F)cc1. The number of carbonyl (C=O) groups excluding carboxylic acids is 1. The number of likely N-dealkylation sites (N-methyl/N-ethyl adjacent to an activating group) is 1. The molecule has 0 bridgehead atoms. The maximum absolute atomic E-state index is 13.0. The molecule has 1 aliphatic heterocycles. The number of amides is 1. The molecule has 0 aliphatic carbocycles. The number of hydrogen-bond donors (Lipinski definition) is 1. The first-order valence-electron chi connectivity index (χ1n) is 6.44. The van der Waals surface area contributed by atoms with Crippen LogP contribution in [0.15, 0.2) is 24.3 Å². The molecule has 4 nitrogen and oxygen atoms in total. The Hall–Kier alpha value is -1.46. The van der Waals surface area contributed by atoms with Crippen molar-refractivity contribution in [1.29, 1.82) is 0 Å². The summed E-state index contributed by atoms with van der Waals surface area (Å²) in [4.78, 5) is 15.9. The molecule has 1 amide bonds. The molecule has 1 heterocycles. The molecule has 2 rings (SSSR count). The van der Waals surface area contributed by atoms with Gasteiger partial charge in [0.2, 0.25) is 5.91 Å². The number of rotatable bonds is 4. The van der Waals surface area contributed by atoms with Gasteiger partial charge in [-0.2, -0.15) is 0 Å². The van der Waals surface area contributed by atoms with Crippen LogP contribution in [0, 0.1) is 5.82 Å². The predicted octanol–water partition coefficient (Wildman–Crippen LogP) is 1.21. The first-order valence-corrected chi connectivity index (χ1v) is 6.44. The van der Waals surface area contributed by atoms with Crippen molar-refractivity contribution in [2.75, 3.05) is 27.2 Å². The van der Waals surface area contributed by atoms with Crippen LogP contribution in [-0.2, 0) is 4.79 Å². The van der Waals surface area contributed by atoms with Crippen LogP contribution in [0.5, 0.6) is 0 Å². The van der Waals surface area contributed by atoms with Gasteiger partial charge in [-0.1, -0.05) is 12.1 Å². The third kappa shape index (κ3) is 3.11. The van der Waals surface area contributed by atoms with Gasteiger partial charge in [0.05, 0.1) is 6.54 Å². The molecule has 104 valence electrons. The average Bonchev–Trinajstić information content (AvgIpc) is 2.71. The van der Waals surface area contributed by atoms with Crippen LogP contribution in [0.25, 0.3) is 0 Å². The summed E-state index contributed by atoms with van der Waals surface area (Å²) in [5.41, 5.74) is 0.915. The van der Waals surface area contributed by atoms with Crippen molar-refractivity contribution < 1.29 is 9.18 Å². The predicted molar refractivity (Wildman–Crippen MR) is 72.0 cm³/mol. The van der Waals surface area contributed by atoms with E-state index in [-0.39, 0.29) is 23.9 Å². The minimum Gasteiger partial charge on any atom is -0.318 e. The highest BCUT2D eigenvalue weighted by atomic mass is 19.1. The molecule has 0 aromatic heterocycles. The zero-order valence-corrected chi connectivity index (χ0v) is 11.6. The van der Waals surface area contributed by atoms with Crippen LogP contribution >= 0.6 is 0 Å². The van der Waals surface area contributed by atoms with Crippen LogP contribution in [0.1, 0.15) is 18.7 Å². The van der Waals surface area contributed by atoms with Crippen molar-refractivity contribution >= 4 is 5.91 Å². The standard InChI is InChI=1S/C14H20FN3O/c1-10(9-17(2)3)18-13(19)8-16-14(18)11-4-6-12(15)7-5-11/h4-7,10,14,16H,8-9H2,1-3H3. The smallest absolute Gasteiger partial charge is 0.238 e. The zero-order chi connectivity index (χ0) is 14.0. The van der Waals surface area contributed by atoms with E-state index in [1.165, 1.54) is 12.1 Å². The van der Waals surface area contributed by atoms with E-state index in [9.17, 15) is 9.18 Å². The lowest BCUT2D eigenvalue weighted by Crippen LogP contribution is -2.43. The van der Waals surface area contributed by atoms with Gasteiger partial charge in [-0.05, 0) is 38.7 Å². The van der Waals surface area contributed by atoms with Crippen molar-refractivity contribution in [1.82, 2.24) is 15.1 Å². The summed E-state index contributed by atoms with van der Waals surface area (Å²) in [7, 11) is 3.97.